The van der Waals surface area contributed by atoms with Gasteiger partial charge in [0.25, 0.3) is 0 Å². The van der Waals surface area contributed by atoms with Crippen LogP contribution in [-0.4, -0.2) is 40.1 Å². The average molecular weight is 540 g/mol. The topological polar surface area (TPSA) is 49.8 Å². The molecule has 4 nitrogen and oxygen atoms in total. The predicted molar refractivity (Wildman–Crippen MR) is 133 cm³/mol. The Kier molecular flexibility index (Phi) is 7.12. The number of nitrogens with zero attached hydrogens (tertiary/aromatic N) is 1. The van der Waals surface area contributed by atoms with Gasteiger partial charge in [-0.2, -0.15) is 13.2 Å². The van der Waals surface area contributed by atoms with Gasteiger partial charge < -0.3 is 9.84 Å². The van der Waals surface area contributed by atoms with Gasteiger partial charge in [0.2, 0.25) is 5.92 Å². The third kappa shape index (κ3) is 5.23. The van der Waals surface area contributed by atoms with Crippen molar-refractivity contribution < 1.29 is 36.6 Å². The number of fused-ring (bicyclic) bond motifs is 3. The third-order valence-corrected chi connectivity index (χ3v) is 9.04. The van der Waals surface area contributed by atoms with Gasteiger partial charge in [-0.3, -0.25) is 9.69 Å². The number of benzene rings is 2. The quantitative estimate of drug-likeness (QED) is 0.380. The molecule has 5 rings (SSSR count). The van der Waals surface area contributed by atoms with Crippen LogP contribution in [0.25, 0.3) is 10.8 Å². The smallest absolute Gasteiger partial charge is 0.420 e. The Bertz CT molecular complexity index is 1170. The van der Waals surface area contributed by atoms with Gasteiger partial charge in [-0.15, -0.1) is 0 Å². The van der Waals surface area contributed by atoms with Crippen molar-refractivity contribution in [1.29, 1.82) is 0 Å². The van der Waals surface area contributed by atoms with Gasteiger partial charge in [-0.05, 0) is 93.7 Å². The number of carbonyl (C=O) groups is 1. The minimum atomic E-state index is -4.65. The molecule has 3 fully saturated rings. The Morgan fingerprint density at radius 2 is 1.61 bits per heavy atom. The maximum absolute atomic E-state index is 14.3. The lowest BCUT2D eigenvalue weighted by atomic mass is 9.83. The summed E-state index contributed by atoms with van der Waals surface area (Å²) in [5.41, 5.74) is 0.0586. The first-order chi connectivity index (χ1) is 17.8. The zero-order valence-electron chi connectivity index (χ0n) is 21.6. The molecule has 3 atom stereocenters. The Balaban J connectivity index is 1.39. The summed E-state index contributed by atoms with van der Waals surface area (Å²) in [5, 5.41) is 9.98. The van der Waals surface area contributed by atoms with E-state index >= 15 is 0 Å². The minimum Gasteiger partial charge on any atom is -0.490 e. The number of aliphatic carboxylic acids is 1. The van der Waals surface area contributed by atoms with Crippen LogP contribution < -0.4 is 4.74 Å². The molecule has 1 N–H and O–H groups in total. The summed E-state index contributed by atoms with van der Waals surface area (Å²) in [7, 11) is 0. The van der Waals surface area contributed by atoms with Gasteiger partial charge in [0.1, 0.15) is 11.3 Å². The van der Waals surface area contributed by atoms with Crippen LogP contribution in [0.4, 0.5) is 22.0 Å². The molecule has 2 aromatic carbocycles. The van der Waals surface area contributed by atoms with Crippen molar-refractivity contribution in [2.75, 3.05) is 0 Å². The van der Waals surface area contributed by atoms with Crippen LogP contribution in [0, 0.1) is 11.8 Å². The normalized spacial score (nSPS) is 29.4. The molecule has 0 amide bonds. The molecule has 0 spiro atoms. The van der Waals surface area contributed by atoms with Crippen LogP contribution in [0.1, 0.15) is 82.4 Å². The standard InChI is InChI=1S/C29H34F5NO3/c1-16(35-21-7-8-22(35)15-19(14-21)27(36)37)17-3-11-24-18(13-17)4-12-25(26(24)29(32,33)34)38-23-9-5-20(6-10-23)28(2,30)31/h3-4,11-13,16,19-23H,5-10,14-15H2,1-2H3,(H,36,37). The Morgan fingerprint density at radius 3 is 2.16 bits per heavy atom. The zero-order valence-corrected chi connectivity index (χ0v) is 21.6. The van der Waals surface area contributed by atoms with Crippen molar-refractivity contribution in [2.45, 2.75) is 102 Å². The average Bonchev–Trinajstić information content (AvgIpc) is 3.10. The molecule has 38 heavy (non-hydrogen) atoms. The lowest BCUT2D eigenvalue weighted by Gasteiger charge is -2.41. The molecule has 0 radical (unpaired) electrons. The molecule has 3 aliphatic rings. The Morgan fingerprint density at radius 1 is 0.974 bits per heavy atom. The van der Waals surface area contributed by atoms with Crippen molar-refractivity contribution in [2.24, 2.45) is 11.8 Å². The fourth-order valence-electron chi connectivity index (χ4n) is 7.07. The van der Waals surface area contributed by atoms with Crippen molar-refractivity contribution in [3.8, 4) is 5.75 Å². The molecule has 2 saturated heterocycles. The number of rotatable bonds is 6. The Hall–Kier alpha value is -2.42. The molecule has 1 saturated carbocycles. The highest BCUT2D eigenvalue weighted by Gasteiger charge is 2.45. The van der Waals surface area contributed by atoms with Gasteiger partial charge in [-0.25, -0.2) is 8.78 Å². The molecule has 2 aromatic rings. The number of carboxylic acid groups (broad SMARTS) is 1. The van der Waals surface area contributed by atoms with Gasteiger partial charge in [0.05, 0.1) is 12.0 Å². The molecular weight excluding hydrogens is 505 g/mol. The summed E-state index contributed by atoms with van der Waals surface area (Å²) in [6.07, 6.45) is -1.09. The number of hydrogen-bond donors (Lipinski definition) is 1. The van der Waals surface area contributed by atoms with E-state index in [1.54, 1.807) is 18.2 Å². The van der Waals surface area contributed by atoms with E-state index in [2.05, 4.69) is 4.90 Å². The van der Waals surface area contributed by atoms with Crippen LogP contribution in [0.5, 0.6) is 5.75 Å². The highest BCUT2D eigenvalue weighted by Crippen LogP contribution is 2.46. The molecule has 9 heteroatoms. The molecule has 2 heterocycles. The van der Waals surface area contributed by atoms with E-state index < -0.39 is 35.7 Å². The molecule has 208 valence electrons. The van der Waals surface area contributed by atoms with Crippen LogP contribution in [0.2, 0.25) is 0 Å². The second kappa shape index (κ2) is 9.96. The van der Waals surface area contributed by atoms with E-state index in [1.807, 2.05) is 6.92 Å². The predicted octanol–water partition coefficient (Wildman–Crippen LogP) is 7.84. The first kappa shape index (κ1) is 27.2. The monoisotopic (exact) mass is 539 g/mol. The number of alkyl halides is 5. The number of piperidine rings is 1. The second-order valence-corrected chi connectivity index (χ2v) is 11.5. The zero-order chi connectivity index (χ0) is 27.4. The van der Waals surface area contributed by atoms with Crippen LogP contribution in [0.3, 0.4) is 0 Å². The Labute approximate surface area is 219 Å². The summed E-state index contributed by atoms with van der Waals surface area (Å²) in [6.45, 7) is 2.92. The van der Waals surface area contributed by atoms with Gasteiger partial charge in [0.15, 0.2) is 0 Å². The maximum Gasteiger partial charge on any atom is 0.420 e. The number of hydrogen-bond acceptors (Lipinski definition) is 3. The van der Waals surface area contributed by atoms with E-state index in [0.29, 0.717) is 31.1 Å². The number of ether oxygens (including phenoxy) is 1. The van der Waals surface area contributed by atoms with E-state index in [9.17, 15) is 31.9 Å². The number of carboxylic acids is 1. The highest BCUT2D eigenvalue weighted by molar-refractivity contribution is 5.89. The van der Waals surface area contributed by atoms with Gasteiger partial charge >= 0.3 is 12.1 Å². The summed E-state index contributed by atoms with van der Waals surface area (Å²) in [5.74, 6) is -4.92. The van der Waals surface area contributed by atoms with Crippen LogP contribution >= 0.6 is 0 Å². The van der Waals surface area contributed by atoms with Gasteiger partial charge in [-0.1, -0.05) is 18.2 Å². The molecular formula is C29H34F5NO3. The highest BCUT2D eigenvalue weighted by atomic mass is 19.4. The molecule has 2 aliphatic heterocycles. The maximum atomic E-state index is 14.3. The molecule has 3 unspecified atom stereocenters. The van der Waals surface area contributed by atoms with E-state index in [0.717, 1.165) is 25.3 Å². The summed E-state index contributed by atoms with van der Waals surface area (Å²) in [4.78, 5) is 13.9. The SMILES string of the molecule is CC(c1ccc2c(C(F)(F)F)c(OC3CCC(C(C)(F)F)CC3)ccc2c1)N1C2CCC1CC(C(=O)O)C2. The summed E-state index contributed by atoms with van der Waals surface area (Å²) in [6, 6.07) is 8.25. The third-order valence-electron chi connectivity index (χ3n) is 9.04. The first-order valence-electron chi connectivity index (χ1n) is 13.5. The van der Waals surface area contributed by atoms with Crippen molar-refractivity contribution >= 4 is 16.7 Å². The van der Waals surface area contributed by atoms with E-state index in [1.165, 1.54) is 12.1 Å². The summed E-state index contributed by atoms with van der Waals surface area (Å²) < 4.78 is 75.9. The lowest BCUT2D eigenvalue weighted by Crippen LogP contribution is -2.45. The van der Waals surface area contributed by atoms with Crippen molar-refractivity contribution in [3.05, 3.63) is 41.5 Å². The van der Waals surface area contributed by atoms with Crippen LogP contribution in [-0.2, 0) is 11.0 Å². The number of halogens is 5. The largest absolute Gasteiger partial charge is 0.490 e. The lowest BCUT2D eigenvalue weighted by molar-refractivity contribution is -0.144. The van der Waals surface area contributed by atoms with E-state index in [4.69, 9.17) is 4.74 Å². The van der Waals surface area contributed by atoms with Gasteiger partial charge in [0, 0.05) is 24.0 Å². The minimum absolute atomic E-state index is 0.0484. The molecule has 1 aliphatic carbocycles. The van der Waals surface area contributed by atoms with E-state index in [-0.39, 0.29) is 48.0 Å². The first-order valence-corrected chi connectivity index (χ1v) is 13.5. The van der Waals surface area contributed by atoms with Crippen LogP contribution in [0.15, 0.2) is 30.3 Å². The van der Waals surface area contributed by atoms with Crippen molar-refractivity contribution in [1.82, 2.24) is 4.90 Å². The molecule has 2 bridgehead atoms. The second-order valence-electron chi connectivity index (χ2n) is 11.5. The molecule has 0 aromatic heterocycles. The summed E-state index contributed by atoms with van der Waals surface area (Å²) >= 11 is 0. The fraction of sp³-hybridized carbons (Fsp3) is 0.621. The van der Waals surface area contributed by atoms with Crippen molar-refractivity contribution in [3.63, 3.8) is 0 Å². The fourth-order valence-corrected chi connectivity index (χ4v) is 7.07.